The van der Waals surface area contributed by atoms with Crippen LogP contribution in [0.5, 0.6) is 0 Å². The fourth-order valence-electron chi connectivity index (χ4n) is 2.07. The van der Waals surface area contributed by atoms with E-state index < -0.39 is 5.60 Å². The standard InChI is InChI=1S/C13H22N2O2/c1-10(8-14)9-15-7-5-6-11(15)12(16)17-13(2,3)4/h10-11H,5-7,9H2,1-4H3/t10?,11-/m1/s1. The minimum absolute atomic E-state index is 0.0435. The highest BCUT2D eigenvalue weighted by Crippen LogP contribution is 2.21. The molecule has 0 amide bonds. The molecule has 0 bridgehead atoms. The lowest BCUT2D eigenvalue weighted by Crippen LogP contribution is -2.42. The van der Waals surface area contributed by atoms with E-state index >= 15 is 0 Å². The van der Waals surface area contributed by atoms with Gasteiger partial charge in [0.05, 0.1) is 12.0 Å². The predicted octanol–water partition coefficient (Wildman–Crippen LogP) is 1.95. The average Bonchev–Trinajstić information content (AvgIpc) is 2.63. The number of rotatable bonds is 3. The molecule has 0 aromatic heterocycles. The number of ether oxygens (including phenoxy) is 1. The van der Waals surface area contributed by atoms with Crippen LogP contribution < -0.4 is 0 Å². The van der Waals surface area contributed by atoms with E-state index in [4.69, 9.17) is 10.00 Å². The average molecular weight is 238 g/mol. The molecule has 4 heteroatoms. The molecule has 1 unspecified atom stereocenters. The lowest BCUT2D eigenvalue weighted by molar-refractivity contribution is -0.160. The third-order valence-electron chi connectivity index (χ3n) is 2.77. The van der Waals surface area contributed by atoms with E-state index in [-0.39, 0.29) is 17.9 Å². The lowest BCUT2D eigenvalue weighted by Gasteiger charge is -2.27. The summed E-state index contributed by atoms with van der Waals surface area (Å²) in [5, 5.41) is 8.81. The first-order chi connectivity index (χ1) is 7.83. The third kappa shape index (κ3) is 4.35. The number of hydrogen-bond donors (Lipinski definition) is 0. The van der Waals surface area contributed by atoms with E-state index in [0.29, 0.717) is 6.54 Å². The van der Waals surface area contributed by atoms with Crippen LogP contribution in [-0.2, 0) is 9.53 Å². The van der Waals surface area contributed by atoms with Crippen LogP contribution in [0, 0.1) is 17.2 Å². The molecule has 0 aliphatic carbocycles. The van der Waals surface area contributed by atoms with Gasteiger partial charge in [0.25, 0.3) is 0 Å². The molecule has 1 saturated heterocycles. The SMILES string of the molecule is CC(C#N)CN1CCC[C@@H]1C(=O)OC(C)(C)C. The third-order valence-corrected chi connectivity index (χ3v) is 2.77. The summed E-state index contributed by atoms with van der Waals surface area (Å²) in [5.41, 5.74) is -0.438. The van der Waals surface area contributed by atoms with Gasteiger partial charge in [-0.05, 0) is 47.1 Å². The maximum Gasteiger partial charge on any atom is 0.323 e. The number of nitrogens with zero attached hydrogens (tertiary/aromatic N) is 2. The molecule has 1 aliphatic heterocycles. The highest BCUT2D eigenvalue weighted by molar-refractivity contribution is 5.76. The first kappa shape index (κ1) is 14.0. The number of esters is 1. The van der Waals surface area contributed by atoms with Crippen LogP contribution in [0.3, 0.4) is 0 Å². The first-order valence-corrected chi connectivity index (χ1v) is 6.20. The second-order valence-corrected chi connectivity index (χ2v) is 5.72. The molecule has 0 aromatic rings. The van der Waals surface area contributed by atoms with Crippen LogP contribution in [-0.4, -0.2) is 35.6 Å². The van der Waals surface area contributed by atoms with Gasteiger partial charge in [0.15, 0.2) is 0 Å². The van der Waals surface area contributed by atoms with Crippen molar-refractivity contribution in [2.75, 3.05) is 13.1 Å². The summed E-state index contributed by atoms with van der Waals surface area (Å²) in [6.45, 7) is 9.05. The Morgan fingerprint density at radius 2 is 2.24 bits per heavy atom. The van der Waals surface area contributed by atoms with Crippen LogP contribution in [0.1, 0.15) is 40.5 Å². The van der Waals surface area contributed by atoms with Crippen LogP contribution in [0.4, 0.5) is 0 Å². The van der Waals surface area contributed by atoms with E-state index in [2.05, 4.69) is 11.0 Å². The zero-order chi connectivity index (χ0) is 13.1. The fraction of sp³-hybridized carbons (Fsp3) is 0.846. The van der Waals surface area contributed by atoms with E-state index in [9.17, 15) is 4.79 Å². The molecule has 1 heterocycles. The number of carbonyl (C=O) groups is 1. The molecule has 0 N–H and O–H groups in total. The Bertz CT molecular complexity index is 314. The summed E-state index contributed by atoms with van der Waals surface area (Å²) in [5.74, 6) is -0.196. The number of carbonyl (C=O) groups excluding carboxylic acids is 1. The minimum atomic E-state index is -0.438. The topological polar surface area (TPSA) is 53.3 Å². The van der Waals surface area contributed by atoms with Gasteiger partial charge in [0, 0.05) is 6.54 Å². The maximum absolute atomic E-state index is 12.0. The number of likely N-dealkylation sites (tertiary alicyclic amines) is 1. The zero-order valence-corrected chi connectivity index (χ0v) is 11.2. The molecular formula is C13H22N2O2. The van der Waals surface area contributed by atoms with E-state index in [1.807, 2.05) is 27.7 Å². The molecule has 0 aromatic carbocycles. The van der Waals surface area contributed by atoms with E-state index in [1.54, 1.807) is 0 Å². The highest BCUT2D eigenvalue weighted by Gasteiger charge is 2.34. The maximum atomic E-state index is 12.0. The van der Waals surface area contributed by atoms with Crippen LogP contribution >= 0.6 is 0 Å². The van der Waals surface area contributed by atoms with Gasteiger partial charge >= 0.3 is 5.97 Å². The van der Waals surface area contributed by atoms with Gasteiger partial charge in [-0.1, -0.05) is 0 Å². The molecule has 1 fully saturated rings. The van der Waals surface area contributed by atoms with Crippen molar-refractivity contribution in [3.05, 3.63) is 0 Å². The fourth-order valence-corrected chi connectivity index (χ4v) is 2.07. The second kappa shape index (κ2) is 5.50. The molecule has 96 valence electrons. The molecule has 1 aliphatic rings. The molecule has 0 spiro atoms. The van der Waals surface area contributed by atoms with Gasteiger partial charge in [0.2, 0.25) is 0 Å². The summed E-state index contributed by atoms with van der Waals surface area (Å²) < 4.78 is 5.40. The summed E-state index contributed by atoms with van der Waals surface area (Å²) in [4.78, 5) is 14.1. The summed E-state index contributed by atoms with van der Waals surface area (Å²) in [7, 11) is 0. The Hall–Kier alpha value is -1.08. The molecule has 0 radical (unpaired) electrons. The second-order valence-electron chi connectivity index (χ2n) is 5.72. The van der Waals surface area contributed by atoms with Crippen molar-refractivity contribution < 1.29 is 9.53 Å². The molecule has 4 nitrogen and oxygen atoms in total. The van der Waals surface area contributed by atoms with Gasteiger partial charge in [-0.15, -0.1) is 0 Å². The van der Waals surface area contributed by atoms with Crippen molar-refractivity contribution in [3.63, 3.8) is 0 Å². The molecule has 1 rings (SSSR count). The quantitative estimate of drug-likeness (QED) is 0.705. The Morgan fingerprint density at radius 3 is 2.76 bits per heavy atom. The van der Waals surface area contributed by atoms with Crippen molar-refractivity contribution in [2.24, 2.45) is 5.92 Å². The Kier molecular flexibility index (Phi) is 4.53. The van der Waals surface area contributed by atoms with E-state index in [1.165, 1.54) is 0 Å². The van der Waals surface area contributed by atoms with Gasteiger partial charge in [-0.25, -0.2) is 0 Å². The molecule has 2 atom stereocenters. The smallest absolute Gasteiger partial charge is 0.323 e. The number of nitriles is 1. The summed E-state index contributed by atoms with van der Waals surface area (Å²) in [6.07, 6.45) is 1.84. The molecule has 0 saturated carbocycles. The predicted molar refractivity (Wildman–Crippen MR) is 65.2 cm³/mol. The normalized spacial score (nSPS) is 23.1. The highest BCUT2D eigenvalue weighted by atomic mass is 16.6. The van der Waals surface area contributed by atoms with Crippen molar-refractivity contribution in [2.45, 2.75) is 52.2 Å². The van der Waals surface area contributed by atoms with Crippen molar-refractivity contribution in [1.82, 2.24) is 4.90 Å². The Labute approximate surface area is 104 Å². The van der Waals surface area contributed by atoms with Crippen LogP contribution in [0.25, 0.3) is 0 Å². The minimum Gasteiger partial charge on any atom is -0.459 e. The molecule has 17 heavy (non-hydrogen) atoms. The van der Waals surface area contributed by atoms with Crippen LogP contribution in [0.15, 0.2) is 0 Å². The summed E-state index contributed by atoms with van der Waals surface area (Å²) in [6, 6.07) is 2.04. The zero-order valence-electron chi connectivity index (χ0n) is 11.2. The van der Waals surface area contributed by atoms with Gasteiger partial charge in [-0.3, -0.25) is 9.69 Å². The Morgan fingerprint density at radius 1 is 1.59 bits per heavy atom. The monoisotopic (exact) mass is 238 g/mol. The van der Waals surface area contributed by atoms with Crippen molar-refractivity contribution >= 4 is 5.97 Å². The van der Waals surface area contributed by atoms with E-state index in [0.717, 1.165) is 19.4 Å². The van der Waals surface area contributed by atoms with Crippen molar-refractivity contribution in [3.8, 4) is 6.07 Å². The first-order valence-electron chi connectivity index (χ1n) is 6.20. The van der Waals surface area contributed by atoms with Gasteiger partial charge in [0.1, 0.15) is 11.6 Å². The number of hydrogen-bond acceptors (Lipinski definition) is 4. The van der Waals surface area contributed by atoms with Gasteiger partial charge < -0.3 is 4.74 Å². The summed E-state index contributed by atoms with van der Waals surface area (Å²) >= 11 is 0. The van der Waals surface area contributed by atoms with Crippen LogP contribution in [0.2, 0.25) is 0 Å². The van der Waals surface area contributed by atoms with Gasteiger partial charge in [-0.2, -0.15) is 5.26 Å². The Balaban J connectivity index is 2.57. The van der Waals surface area contributed by atoms with Crippen molar-refractivity contribution in [1.29, 1.82) is 5.26 Å². The largest absolute Gasteiger partial charge is 0.459 e. The molecular weight excluding hydrogens is 216 g/mol. The lowest BCUT2D eigenvalue weighted by atomic mass is 10.1.